The van der Waals surface area contributed by atoms with Crippen LogP contribution in [0.2, 0.25) is 5.02 Å². The molecule has 0 atom stereocenters. The van der Waals surface area contributed by atoms with E-state index in [0.29, 0.717) is 42.4 Å². The van der Waals surface area contributed by atoms with Crippen molar-refractivity contribution in [3.8, 4) is 5.75 Å². The van der Waals surface area contributed by atoms with Crippen molar-refractivity contribution in [3.63, 3.8) is 0 Å². The molecule has 2 amide bonds. The van der Waals surface area contributed by atoms with Crippen LogP contribution in [0.4, 0.5) is 10.5 Å². The molecule has 0 bridgehead atoms. The first-order valence-corrected chi connectivity index (χ1v) is 11.1. The molecule has 156 valence electrons. The molecule has 0 saturated carbocycles. The van der Waals surface area contributed by atoms with Crippen LogP contribution in [0.25, 0.3) is 0 Å². The quantitative estimate of drug-likeness (QED) is 0.747. The Labute approximate surface area is 176 Å². The summed E-state index contributed by atoms with van der Waals surface area (Å²) in [5, 5.41) is 3.36. The fourth-order valence-corrected chi connectivity index (χ4v) is 4.65. The molecule has 0 unspecified atom stereocenters. The van der Waals surface area contributed by atoms with E-state index in [-0.39, 0.29) is 17.0 Å². The topological polar surface area (TPSA) is 87.7 Å². The molecule has 1 heterocycles. The Kier molecular flexibility index (Phi) is 6.66. The molecule has 3 rings (SSSR count). The van der Waals surface area contributed by atoms with Gasteiger partial charge in [-0.05, 0) is 61.7 Å². The van der Waals surface area contributed by atoms with Gasteiger partial charge in [-0.1, -0.05) is 17.7 Å². The number of methoxy groups -OCH3 is 1. The summed E-state index contributed by atoms with van der Waals surface area (Å²) in [7, 11) is -2.07. The molecule has 7 nitrogen and oxygen atoms in total. The Bertz CT molecular complexity index is 972. The van der Waals surface area contributed by atoms with Crippen molar-refractivity contribution >= 4 is 33.3 Å². The molecule has 2 aromatic carbocycles. The molecule has 2 aromatic rings. The minimum Gasteiger partial charge on any atom is -0.495 e. The number of carbonyl (C=O) groups excluding carboxylic acids is 1. The molecule has 0 aromatic heterocycles. The van der Waals surface area contributed by atoms with Gasteiger partial charge in [-0.15, -0.1) is 0 Å². The molecule has 1 aliphatic heterocycles. The van der Waals surface area contributed by atoms with Crippen LogP contribution in [0.5, 0.6) is 5.75 Å². The summed E-state index contributed by atoms with van der Waals surface area (Å²) in [6, 6.07) is 11.1. The lowest BCUT2D eigenvalue weighted by molar-refractivity contribution is 0.193. The Hall–Kier alpha value is -2.29. The van der Waals surface area contributed by atoms with Gasteiger partial charge in [0.15, 0.2) is 0 Å². The minimum atomic E-state index is -3.62. The van der Waals surface area contributed by atoms with E-state index in [0.717, 1.165) is 5.56 Å². The van der Waals surface area contributed by atoms with E-state index in [9.17, 15) is 13.2 Å². The monoisotopic (exact) mass is 437 g/mol. The van der Waals surface area contributed by atoms with Gasteiger partial charge >= 0.3 is 6.03 Å². The second kappa shape index (κ2) is 9.02. The highest BCUT2D eigenvalue weighted by Crippen LogP contribution is 2.26. The number of piperidine rings is 1. The van der Waals surface area contributed by atoms with Crippen LogP contribution in [0.3, 0.4) is 0 Å². The normalized spacial score (nSPS) is 15.2. The molecule has 0 spiro atoms. The summed E-state index contributed by atoms with van der Waals surface area (Å²) in [5.41, 5.74) is 1.62. The predicted molar refractivity (Wildman–Crippen MR) is 113 cm³/mol. The van der Waals surface area contributed by atoms with Crippen molar-refractivity contribution < 1.29 is 17.9 Å². The zero-order chi connectivity index (χ0) is 21.0. The summed E-state index contributed by atoms with van der Waals surface area (Å²) < 4.78 is 33.0. The number of aryl methyl sites for hydroxylation is 1. The van der Waals surface area contributed by atoms with Gasteiger partial charge in [0.05, 0.1) is 17.7 Å². The van der Waals surface area contributed by atoms with Gasteiger partial charge in [0.25, 0.3) is 0 Å². The number of nitrogens with one attached hydrogen (secondary N) is 2. The summed E-state index contributed by atoms with van der Waals surface area (Å²) in [4.78, 5) is 14.5. The summed E-state index contributed by atoms with van der Waals surface area (Å²) in [5.74, 6) is 0.592. The Balaban J connectivity index is 1.57. The number of sulfonamides is 1. The molecule has 2 N–H and O–H groups in total. The molecular weight excluding hydrogens is 414 g/mol. The Morgan fingerprint density at radius 3 is 2.41 bits per heavy atom. The number of hydrogen-bond donors (Lipinski definition) is 2. The van der Waals surface area contributed by atoms with Gasteiger partial charge in [-0.3, -0.25) is 0 Å². The number of halogens is 1. The maximum Gasteiger partial charge on any atom is 0.321 e. The van der Waals surface area contributed by atoms with Crippen molar-refractivity contribution in [2.24, 2.45) is 0 Å². The number of hydrogen-bond acceptors (Lipinski definition) is 4. The van der Waals surface area contributed by atoms with Crippen LogP contribution in [-0.4, -0.2) is 45.6 Å². The van der Waals surface area contributed by atoms with Gasteiger partial charge in [0.1, 0.15) is 5.75 Å². The molecule has 0 aliphatic carbocycles. The number of ether oxygens (including phenoxy) is 1. The first-order valence-electron chi connectivity index (χ1n) is 9.27. The van der Waals surface area contributed by atoms with Crippen LogP contribution in [0.1, 0.15) is 18.4 Å². The van der Waals surface area contributed by atoms with Crippen molar-refractivity contribution in [2.45, 2.75) is 30.7 Å². The van der Waals surface area contributed by atoms with Crippen LogP contribution >= 0.6 is 11.6 Å². The van der Waals surface area contributed by atoms with E-state index in [1.54, 1.807) is 24.1 Å². The van der Waals surface area contributed by atoms with Crippen molar-refractivity contribution in [2.75, 3.05) is 25.5 Å². The average molecular weight is 438 g/mol. The Morgan fingerprint density at radius 2 is 1.79 bits per heavy atom. The number of benzene rings is 2. The van der Waals surface area contributed by atoms with Gasteiger partial charge in [-0.2, -0.15) is 0 Å². The van der Waals surface area contributed by atoms with Gasteiger partial charge in [0, 0.05) is 24.2 Å². The molecular formula is C20H24ClN3O4S. The van der Waals surface area contributed by atoms with Crippen molar-refractivity contribution in [3.05, 3.63) is 53.1 Å². The number of likely N-dealkylation sites (tertiary alicyclic amines) is 1. The average Bonchev–Trinajstić information content (AvgIpc) is 2.69. The third-order valence-corrected chi connectivity index (χ3v) is 6.61. The van der Waals surface area contributed by atoms with E-state index in [1.807, 2.05) is 25.1 Å². The van der Waals surface area contributed by atoms with E-state index in [2.05, 4.69) is 10.0 Å². The standard InChI is InChI=1S/C20H24ClN3O4S/c1-14-3-8-19(28-2)18(13-14)22-20(25)24-11-9-16(10-12-24)23-29(26,27)17-6-4-15(21)5-7-17/h3-8,13,16,23H,9-12H2,1-2H3,(H,22,25). The first-order chi connectivity index (χ1) is 13.8. The first kappa shape index (κ1) is 21.4. The molecule has 1 fully saturated rings. The highest BCUT2D eigenvalue weighted by molar-refractivity contribution is 7.89. The van der Waals surface area contributed by atoms with E-state index < -0.39 is 10.0 Å². The lowest BCUT2D eigenvalue weighted by Crippen LogP contribution is -2.47. The van der Waals surface area contributed by atoms with Crippen molar-refractivity contribution in [1.29, 1.82) is 0 Å². The third-order valence-electron chi connectivity index (χ3n) is 4.82. The van der Waals surface area contributed by atoms with Crippen LogP contribution in [-0.2, 0) is 10.0 Å². The maximum atomic E-state index is 12.6. The van der Waals surface area contributed by atoms with Crippen LogP contribution < -0.4 is 14.8 Å². The van der Waals surface area contributed by atoms with Gasteiger partial charge in [-0.25, -0.2) is 17.9 Å². The SMILES string of the molecule is COc1ccc(C)cc1NC(=O)N1CCC(NS(=O)(=O)c2ccc(Cl)cc2)CC1. The van der Waals surface area contributed by atoms with Crippen LogP contribution in [0.15, 0.2) is 47.4 Å². The zero-order valence-corrected chi connectivity index (χ0v) is 17.9. The number of anilines is 1. The number of carbonyl (C=O) groups is 1. The number of rotatable bonds is 5. The molecule has 29 heavy (non-hydrogen) atoms. The highest BCUT2D eigenvalue weighted by Gasteiger charge is 2.27. The predicted octanol–water partition coefficient (Wildman–Crippen LogP) is 3.63. The highest BCUT2D eigenvalue weighted by atomic mass is 35.5. The summed E-state index contributed by atoms with van der Waals surface area (Å²) in [6.45, 7) is 2.84. The van der Waals surface area contributed by atoms with E-state index >= 15 is 0 Å². The minimum absolute atomic E-state index is 0.175. The second-order valence-electron chi connectivity index (χ2n) is 6.97. The van der Waals surface area contributed by atoms with Gasteiger partial charge < -0.3 is 15.0 Å². The summed E-state index contributed by atoms with van der Waals surface area (Å²) >= 11 is 5.82. The van der Waals surface area contributed by atoms with Crippen molar-refractivity contribution in [1.82, 2.24) is 9.62 Å². The third kappa shape index (κ3) is 5.41. The lowest BCUT2D eigenvalue weighted by Gasteiger charge is -2.32. The van der Waals surface area contributed by atoms with E-state index in [1.165, 1.54) is 12.1 Å². The smallest absolute Gasteiger partial charge is 0.321 e. The number of amides is 2. The molecule has 1 aliphatic rings. The van der Waals surface area contributed by atoms with E-state index in [4.69, 9.17) is 16.3 Å². The number of urea groups is 1. The fourth-order valence-electron chi connectivity index (χ4n) is 3.22. The maximum absolute atomic E-state index is 12.6. The molecule has 0 radical (unpaired) electrons. The Morgan fingerprint density at radius 1 is 1.14 bits per heavy atom. The largest absolute Gasteiger partial charge is 0.495 e. The number of nitrogens with zero attached hydrogens (tertiary/aromatic N) is 1. The fraction of sp³-hybridized carbons (Fsp3) is 0.350. The second-order valence-corrected chi connectivity index (χ2v) is 9.12. The zero-order valence-electron chi connectivity index (χ0n) is 16.3. The van der Waals surface area contributed by atoms with Gasteiger partial charge in [0.2, 0.25) is 10.0 Å². The summed E-state index contributed by atoms with van der Waals surface area (Å²) in [6.07, 6.45) is 1.07. The molecule has 9 heteroatoms. The van der Waals surface area contributed by atoms with Crippen LogP contribution in [0, 0.1) is 6.92 Å². The lowest BCUT2D eigenvalue weighted by atomic mass is 10.1. The molecule has 1 saturated heterocycles.